The van der Waals surface area contributed by atoms with Crippen molar-refractivity contribution in [2.24, 2.45) is 5.92 Å². The minimum atomic E-state index is -0.639. The van der Waals surface area contributed by atoms with Gasteiger partial charge in [0, 0.05) is 51.9 Å². The fourth-order valence-corrected chi connectivity index (χ4v) is 4.63. The monoisotopic (exact) mass is 444 g/mol. The molecule has 0 aromatic heterocycles. The van der Waals surface area contributed by atoms with Crippen molar-refractivity contribution in [1.29, 1.82) is 0 Å². The van der Waals surface area contributed by atoms with Gasteiger partial charge in [-0.25, -0.2) is 4.79 Å². The van der Waals surface area contributed by atoms with Crippen molar-refractivity contribution >= 4 is 12.0 Å². The average molecular weight is 445 g/mol. The summed E-state index contributed by atoms with van der Waals surface area (Å²) >= 11 is 0. The van der Waals surface area contributed by atoms with Crippen LogP contribution in [0.15, 0.2) is 42.7 Å². The Labute approximate surface area is 189 Å². The van der Waals surface area contributed by atoms with E-state index < -0.39 is 17.9 Å². The van der Waals surface area contributed by atoms with Gasteiger partial charge in [-0.1, -0.05) is 30.3 Å². The average Bonchev–Trinajstić information content (AvgIpc) is 3.28. The van der Waals surface area contributed by atoms with Crippen LogP contribution in [0.3, 0.4) is 0 Å². The topological polar surface area (TPSA) is 77.5 Å². The molecule has 0 unspecified atom stereocenters. The molecule has 174 valence electrons. The fourth-order valence-electron chi connectivity index (χ4n) is 4.63. The number of nitrogens with zero attached hydrogens (tertiary/aromatic N) is 2. The Morgan fingerprint density at radius 1 is 1.12 bits per heavy atom. The van der Waals surface area contributed by atoms with Crippen LogP contribution in [0.1, 0.15) is 37.7 Å². The van der Waals surface area contributed by atoms with E-state index >= 15 is 0 Å². The molecule has 1 atom stereocenters. The molecule has 1 aromatic carbocycles. The van der Waals surface area contributed by atoms with E-state index in [0.717, 1.165) is 31.2 Å². The predicted octanol–water partition coefficient (Wildman–Crippen LogP) is 3.28. The molecule has 1 aliphatic carbocycles. The number of hydrogen-bond donors (Lipinski definition) is 0. The van der Waals surface area contributed by atoms with E-state index in [4.69, 9.17) is 18.9 Å². The number of hydrogen-bond acceptors (Lipinski definition) is 6. The van der Waals surface area contributed by atoms with E-state index in [1.807, 2.05) is 30.3 Å². The highest BCUT2D eigenvalue weighted by molar-refractivity contribution is 5.88. The lowest BCUT2D eigenvalue weighted by atomic mass is 9.84. The van der Waals surface area contributed by atoms with Gasteiger partial charge in [-0.05, 0) is 24.3 Å². The maximum Gasteiger partial charge on any atom is 0.414 e. The first-order valence-corrected chi connectivity index (χ1v) is 11.3. The lowest BCUT2D eigenvalue weighted by Crippen LogP contribution is -2.52. The predicted molar refractivity (Wildman–Crippen MR) is 116 cm³/mol. The number of rotatable bonds is 7. The smallest absolute Gasteiger partial charge is 0.414 e. The fraction of sp³-hybridized carbons (Fsp3) is 0.583. The summed E-state index contributed by atoms with van der Waals surface area (Å²) in [5.74, 6) is -0.130. The minimum Gasteiger partial charge on any atom is -0.444 e. The molecule has 1 aromatic rings. The van der Waals surface area contributed by atoms with E-state index in [9.17, 15) is 9.59 Å². The van der Waals surface area contributed by atoms with Crippen molar-refractivity contribution in [2.75, 3.05) is 33.5 Å². The first kappa shape index (κ1) is 22.8. The van der Waals surface area contributed by atoms with Crippen LogP contribution in [0.5, 0.6) is 0 Å². The zero-order chi connectivity index (χ0) is 22.4. The van der Waals surface area contributed by atoms with E-state index in [1.165, 1.54) is 4.90 Å². The Bertz CT molecular complexity index is 798. The minimum absolute atomic E-state index is 0.102. The number of carbonyl (C=O) groups excluding carboxylic acids is 2. The van der Waals surface area contributed by atoms with E-state index in [1.54, 1.807) is 24.4 Å². The van der Waals surface area contributed by atoms with Crippen molar-refractivity contribution in [1.82, 2.24) is 9.80 Å². The van der Waals surface area contributed by atoms with Crippen molar-refractivity contribution in [3.05, 3.63) is 48.3 Å². The lowest BCUT2D eigenvalue weighted by Gasteiger charge is -2.39. The molecule has 2 amide bonds. The van der Waals surface area contributed by atoms with E-state index in [-0.39, 0.29) is 12.5 Å². The molecule has 0 radical (unpaired) electrons. The lowest BCUT2D eigenvalue weighted by molar-refractivity contribution is -0.183. The van der Waals surface area contributed by atoms with Crippen molar-refractivity contribution < 1.29 is 28.5 Å². The third-order valence-corrected chi connectivity index (χ3v) is 6.46. The van der Waals surface area contributed by atoms with Crippen LogP contribution in [-0.4, -0.2) is 67.1 Å². The molecular weight excluding hydrogens is 412 g/mol. The van der Waals surface area contributed by atoms with Crippen LogP contribution in [0.2, 0.25) is 0 Å². The van der Waals surface area contributed by atoms with Gasteiger partial charge in [-0.3, -0.25) is 9.69 Å². The first-order chi connectivity index (χ1) is 15.6. The Balaban J connectivity index is 1.36. The molecule has 0 N–H and O–H groups in total. The Morgan fingerprint density at radius 2 is 1.84 bits per heavy atom. The Morgan fingerprint density at radius 3 is 2.53 bits per heavy atom. The second-order valence-corrected chi connectivity index (χ2v) is 8.58. The number of amides is 2. The number of ether oxygens (including phenoxy) is 4. The molecule has 1 saturated carbocycles. The highest BCUT2D eigenvalue weighted by atomic mass is 16.7. The largest absolute Gasteiger partial charge is 0.444 e. The van der Waals surface area contributed by atoms with Gasteiger partial charge in [0.1, 0.15) is 12.6 Å². The maximum absolute atomic E-state index is 13.3. The molecule has 1 spiro atoms. The summed E-state index contributed by atoms with van der Waals surface area (Å²) in [6.07, 6.45) is 6.83. The molecule has 2 aliphatic heterocycles. The normalized spacial score (nSPS) is 23.2. The van der Waals surface area contributed by atoms with Crippen LogP contribution >= 0.6 is 0 Å². The van der Waals surface area contributed by atoms with E-state index in [0.29, 0.717) is 38.7 Å². The molecule has 4 rings (SSSR count). The van der Waals surface area contributed by atoms with Crippen LogP contribution < -0.4 is 0 Å². The summed E-state index contributed by atoms with van der Waals surface area (Å²) in [7, 11) is 1.59. The molecule has 8 heteroatoms. The highest BCUT2D eigenvalue weighted by Gasteiger charge is 2.42. The quantitative estimate of drug-likeness (QED) is 0.642. The summed E-state index contributed by atoms with van der Waals surface area (Å²) in [6, 6.07) is 8.84. The molecule has 3 aliphatic rings. The van der Waals surface area contributed by atoms with Crippen LogP contribution in [0, 0.1) is 5.92 Å². The van der Waals surface area contributed by atoms with Gasteiger partial charge < -0.3 is 23.8 Å². The van der Waals surface area contributed by atoms with E-state index in [2.05, 4.69) is 0 Å². The molecule has 1 saturated heterocycles. The Hall–Kier alpha value is -2.42. The third-order valence-electron chi connectivity index (χ3n) is 6.46. The molecule has 8 nitrogen and oxygen atoms in total. The molecular formula is C24H32N2O6. The number of carbonyl (C=O) groups is 2. The SMILES string of the molecule is COCC[C@H]1C(=O)N(CC2CCC3(CC2)OCCO3)C=CN1C(=O)OCc1ccccc1. The van der Waals surface area contributed by atoms with Crippen LogP contribution in [0.25, 0.3) is 0 Å². The zero-order valence-electron chi connectivity index (χ0n) is 18.6. The number of methoxy groups -OCH3 is 1. The van der Waals surface area contributed by atoms with Crippen molar-refractivity contribution in [3.8, 4) is 0 Å². The highest BCUT2D eigenvalue weighted by Crippen LogP contribution is 2.38. The standard InChI is InChI=1S/C24H32N2O6/c1-29-14-9-21-22(27)25(17-19-7-10-24(11-8-19)31-15-16-32-24)12-13-26(21)23(28)30-18-20-5-3-2-4-6-20/h2-6,12-13,19,21H,7-11,14-18H2,1H3/t21-/m0/s1. The second-order valence-electron chi connectivity index (χ2n) is 8.58. The van der Waals surface area contributed by atoms with Gasteiger partial charge in [0.25, 0.3) is 0 Å². The summed E-state index contributed by atoms with van der Waals surface area (Å²) in [5.41, 5.74) is 0.897. The van der Waals surface area contributed by atoms with Gasteiger partial charge in [0.2, 0.25) is 5.91 Å². The van der Waals surface area contributed by atoms with Crippen LogP contribution in [-0.2, 0) is 30.3 Å². The van der Waals surface area contributed by atoms with Crippen LogP contribution in [0.4, 0.5) is 4.79 Å². The molecule has 0 bridgehead atoms. The zero-order valence-corrected chi connectivity index (χ0v) is 18.6. The van der Waals surface area contributed by atoms with Gasteiger partial charge in [0.15, 0.2) is 5.79 Å². The summed E-state index contributed by atoms with van der Waals surface area (Å²) in [6.45, 7) is 2.49. The second kappa shape index (κ2) is 10.5. The van der Waals surface area contributed by atoms with Gasteiger partial charge in [0.05, 0.1) is 13.2 Å². The third kappa shape index (κ3) is 5.31. The molecule has 2 fully saturated rings. The Kier molecular flexibility index (Phi) is 7.44. The molecule has 2 heterocycles. The van der Waals surface area contributed by atoms with Gasteiger partial charge in [-0.15, -0.1) is 0 Å². The maximum atomic E-state index is 13.3. The van der Waals surface area contributed by atoms with Crippen molar-refractivity contribution in [3.63, 3.8) is 0 Å². The van der Waals surface area contributed by atoms with Gasteiger partial charge >= 0.3 is 6.09 Å². The molecule has 32 heavy (non-hydrogen) atoms. The number of benzene rings is 1. The van der Waals surface area contributed by atoms with Gasteiger partial charge in [-0.2, -0.15) is 0 Å². The van der Waals surface area contributed by atoms with Crippen molar-refractivity contribution in [2.45, 2.75) is 50.5 Å². The first-order valence-electron chi connectivity index (χ1n) is 11.3. The summed E-state index contributed by atoms with van der Waals surface area (Å²) in [5, 5.41) is 0. The summed E-state index contributed by atoms with van der Waals surface area (Å²) < 4.78 is 22.3. The summed E-state index contributed by atoms with van der Waals surface area (Å²) in [4.78, 5) is 29.1.